The van der Waals surface area contributed by atoms with E-state index in [9.17, 15) is 13.2 Å². The minimum atomic E-state index is -3.56. The molecule has 1 saturated heterocycles. The van der Waals surface area contributed by atoms with E-state index in [1.54, 1.807) is 24.1 Å². The van der Waals surface area contributed by atoms with E-state index in [1.807, 2.05) is 0 Å². The van der Waals surface area contributed by atoms with Crippen molar-refractivity contribution in [2.24, 2.45) is 22.7 Å². The molecule has 1 aromatic carbocycles. The molecule has 1 amide bonds. The second-order valence-corrected chi connectivity index (χ2v) is 14.5. The van der Waals surface area contributed by atoms with Gasteiger partial charge in [-0.3, -0.25) is 4.79 Å². The summed E-state index contributed by atoms with van der Waals surface area (Å²) in [7, 11) is -1.97. The number of carbonyl (C=O) groups is 1. The number of methoxy groups -OCH3 is 1. The van der Waals surface area contributed by atoms with Gasteiger partial charge in [-0.1, -0.05) is 34.1 Å². The summed E-state index contributed by atoms with van der Waals surface area (Å²) in [6.45, 7) is 11.3. The van der Waals surface area contributed by atoms with E-state index in [2.05, 4.69) is 27.7 Å². The van der Waals surface area contributed by atoms with Crippen molar-refractivity contribution in [3.05, 3.63) is 17.7 Å². The Morgan fingerprint density at radius 2 is 1.81 bits per heavy atom. The minimum Gasteiger partial charge on any atom is -0.496 e. The second kappa shape index (κ2) is 8.90. The Morgan fingerprint density at radius 3 is 2.50 bits per heavy atom. The lowest BCUT2D eigenvalue weighted by Crippen LogP contribution is -2.59. The monoisotopic (exact) mass is 519 g/mol. The molecule has 1 aromatic rings. The van der Waals surface area contributed by atoms with Gasteiger partial charge in [-0.2, -0.15) is 0 Å². The highest BCUT2D eigenvalue weighted by molar-refractivity contribution is 7.91. The van der Waals surface area contributed by atoms with Crippen molar-refractivity contribution in [3.63, 3.8) is 0 Å². The smallest absolute Gasteiger partial charge is 0.260 e. The number of hydrogen-bond donors (Lipinski definition) is 0. The van der Waals surface area contributed by atoms with E-state index in [4.69, 9.17) is 14.2 Å². The van der Waals surface area contributed by atoms with Crippen LogP contribution < -0.4 is 9.47 Å². The first kappa shape index (κ1) is 25.8. The summed E-state index contributed by atoms with van der Waals surface area (Å²) in [5.74, 6) is 1.47. The molecule has 4 aliphatic rings. The zero-order chi connectivity index (χ0) is 25.9. The predicted octanol–water partition coefficient (Wildman–Crippen LogP) is 4.22. The van der Waals surface area contributed by atoms with Gasteiger partial charge >= 0.3 is 0 Å². The molecule has 5 rings (SSSR count). The van der Waals surface area contributed by atoms with Crippen LogP contribution in [0.25, 0.3) is 0 Å². The Hall–Kier alpha value is -1.80. The van der Waals surface area contributed by atoms with Crippen LogP contribution in [0.2, 0.25) is 0 Å². The SMILES string of the molecule is COc1cc(OCC(=O)N2CCOCC2)cc2c1[C@]1(C)CC[C@H]3C(C)(C)CCC[C@]3(C)[C@H]1CS2(=O)=O. The van der Waals surface area contributed by atoms with E-state index in [0.717, 1.165) is 31.2 Å². The molecule has 0 unspecified atom stereocenters. The normalized spacial score (nSPS) is 34.6. The standard InChI is InChI=1S/C28H41NO6S/c1-26(2)8-6-9-27(3)22(26)7-10-28(4)23(27)18-36(31,32)21-16-19(15-20(33-5)25(21)28)35-17-24(30)29-11-13-34-14-12-29/h15-16,22-23H,6-14,17-18H2,1-5H3/t22-,23+,27-,28+/m0/s1. The van der Waals surface area contributed by atoms with Crippen LogP contribution in [-0.2, 0) is 24.8 Å². The van der Waals surface area contributed by atoms with E-state index in [-0.39, 0.29) is 40.4 Å². The number of amides is 1. The molecular weight excluding hydrogens is 478 g/mol. The molecule has 0 aromatic heterocycles. The van der Waals surface area contributed by atoms with Crippen molar-refractivity contribution in [2.75, 3.05) is 45.8 Å². The summed E-state index contributed by atoms with van der Waals surface area (Å²) < 4.78 is 44.7. The summed E-state index contributed by atoms with van der Waals surface area (Å²) >= 11 is 0. The van der Waals surface area contributed by atoms with Crippen LogP contribution in [0, 0.1) is 22.7 Å². The molecule has 0 bridgehead atoms. The Balaban J connectivity index is 1.51. The van der Waals surface area contributed by atoms with Gasteiger partial charge in [0, 0.05) is 30.1 Å². The van der Waals surface area contributed by atoms with E-state index < -0.39 is 9.84 Å². The lowest BCUT2D eigenvalue weighted by Gasteiger charge is -2.63. The molecule has 3 fully saturated rings. The van der Waals surface area contributed by atoms with Crippen LogP contribution >= 0.6 is 0 Å². The molecule has 36 heavy (non-hydrogen) atoms. The number of nitrogens with zero attached hydrogens (tertiary/aromatic N) is 1. The van der Waals surface area contributed by atoms with Crippen molar-refractivity contribution in [3.8, 4) is 11.5 Å². The minimum absolute atomic E-state index is 0.0318. The lowest BCUT2D eigenvalue weighted by atomic mass is 9.43. The van der Waals surface area contributed by atoms with Gasteiger partial charge in [0.2, 0.25) is 0 Å². The third-order valence-corrected chi connectivity index (χ3v) is 11.8. The molecule has 0 spiro atoms. The van der Waals surface area contributed by atoms with Gasteiger partial charge in [0.1, 0.15) is 11.5 Å². The van der Waals surface area contributed by atoms with Gasteiger partial charge in [0.05, 0.1) is 31.0 Å². The fourth-order valence-electron chi connectivity index (χ4n) is 8.30. The third kappa shape index (κ3) is 4.03. The summed E-state index contributed by atoms with van der Waals surface area (Å²) in [5, 5.41) is 0. The summed E-state index contributed by atoms with van der Waals surface area (Å²) in [4.78, 5) is 14.6. The fourth-order valence-corrected chi connectivity index (χ4v) is 10.6. The number of benzene rings is 1. The highest BCUT2D eigenvalue weighted by atomic mass is 32.2. The molecular formula is C28H41NO6S. The number of sulfone groups is 1. The Bertz CT molecular complexity index is 1140. The summed E-state index contributed by atoms with van der Waals surface area (Å²) in [6, 6.07) is 3.40. The van der Waals surface area contributed by atoms with Gasteiger partial charge < -0.3 is 19.1 Å². The summed E-state index contributed by atoms with van der Waals surface area (Å²) in [6.07, 6.45) is 5.44. The van der Waals surface area contributed by atoms with Crippen LogP contribution in [-0.4, -0.2) is 65.0 Å². The number of ether oxygens (including phenoxy) is 3. The van der Waals surface area contributed by atoms with Crippen molar-refractivity contribution in [1.29, 1.82) is 0 Å². The highest BCUT2D eigenvalue weighted by Gasteiger charge is 2.62. The van der Waals surface area contributed by atoms with E-state index in [0.29, 0.717) is 48.6 Å². The largest absolute Gasteiger partial charge is 0.496 e. The van der Waals surface area contributed by atoms with Gasteiger partial charge in [-0.15, -0.1) is 0 Å². The van der Waals surface area contributed by atoms with Gasteiger partial charge in [0.25, 0.3) is 5.91 Å². The van der Waals surface area contributed by atoms with Crippen LogP contribution in [0.5, 0.6) is 11.5 Å². The molecule has 2 aliphatic carbocycles. The average molecular weight is 520 g/mol. The molecule has 4 atom stereocenters. The third-order valence-electron chi connectivity index (χ3n) is 10.1. The van der Waals surface area contributed by atoms with Crippen molar-refractivity contribution < 1.29 is 27.4 Å². The van der Waals surface area contributed by atoms with Crippen molar-refractivity contribution >= 4 is 15.7 Å². The number of morpholine rings is 1. The van der Waals surface area contributed by atoms with Gasteiger partial charge in [0.15, 0.2) is 16.4 Å². The topological polar surface area (TPSA) is 82.1 Å². The summed E-state index contributed by atoms with van der Waals surface area (Å²) in [5.41, 5.74) is 0.681. The quantitative estimate of drug-likeness (QED) is 0.593. The van der Waals surface area contributed by atoms with Crippen LogP contribution in [0.4, 0.5) is 0 Å². The Kier molecular flexibility index (Phi) is 6.38. The molecule has 200 valence electrons. The van der Waals surface area contributed by atoms with Crippen LogP contribution in [0.15, 0.2) is 17.0 Å². The zero-order valence-electron chi connectivity index (χ0n) is 22.4. The molecule has 8 heteroatoms. The van der Waals surface area contributed by atoms with E-state index >= 15 is 0 Å². The Morgan fingerprint density at radius 1 is 1.08 bits per heavy atom. The molecule has 2 heterocycles. The van der Waals surface area contributed by atoms with Crippen LogP contribution in [0.3, 0.4) is 0 Å². The van der Waals surface area contributed by atoms with Gasteiger partial charge in [-0.25, -0.2) is 8.42 Å². The maximum absolute atomic E-state index is 13.9. The lowest BCUT2D eigenvalue weighted by molar-refractivity contribution is -0.137. The average Bonchev–Trinajstić information content (AvgIpc) is 2.83. The predicted molar refractivity (Wildman–Crippen MR) is 137 cm³/mol. The number of carbonyl (C=O) groups excluding carboxylic acids is 1. The molecule has 2 saturated carbocycles. The van der Waals surface area contributed by atoms with Crippen molar-refractivity contribution in [1.82, 2.24) is 4.90 Å². The molecule has 0 radical (unpaired) electrons. The van der Waals surface area contributed by atoms with Crippen LogP contribution in [0.1, 0.15) is 65.4 Å². The first-order chi connectivity index (χ1) is 16.9. The Labute approximate surface area is 215 Å². The number of fused-ring (bicyclic) bond motifs is 5. The number of rotatable bonds is 4. The highest BCUT2D eigenvalue weighted by Crippen LogP contribution is 2.67. The zero-order valence-corrected chi connectivity index (χ0v) is 23.2. The molecule has 0 N–H and O–H groups in total. The van der Waals surface area contributed by atoms with Gasteiger partial charge in [-0.05, 0) is 54.4 Å². The maximum atomic E-state index is 13.9. The second-order valence-electron chi connectivity index (χ2n) is 12.5. The number of hydrogen-bond acceptors (Lipinski definition) is 6. The van der Waals surface area contributed by atoms with Crippen molar-refractivity contribution in [2.45, 2.75) is 70.1 Å². The molecule has 2 aliphatic heterocycles. The maximum Gasteiger partial charge on any atom is 0.260 e. The first-order valence-electron chi connectivity index (χ1n) is 13.4. The first-order valence-corrected chi connectivity index (χ1v) is 15.0. The fraction of sp³-hybridized carbons (Fsp3) is 0.750. The molecule has 7 nitrogen and oxygen atoms in total. The van der Waals surface area contributed by atoms with E-state index in [1.165, 1.54) is 6.42 Å².